The SMILES string of the molecule is CCCCNC(=O)C(C)N(CCc1ccccc1)C(=O)COc1cc(C)ccc1C. The molecule has 0 radical (unpaired) electrons. The second-order valence-corrected chi connectivity index (χ2v) is 7.70. The van der Waals surface area contributed by atoms with Crippen molar-refractivity contribution in [1.29, 1.82) is 0 Å². The van der Waals surface area contributed by atoms with Crippen LogP contribution in [0.3, 0.4) is 0 Å². The third-order valence-corrected chi connectivity index (χ3v) is 5.18. The van der Waals surface area contributed by atoms with Crippen molar-refractivity contribution in [3.05, 3.63) is 65.2 Å². The normalized spacial score (nSPS) is 11.6. The molecule has 5 heteroatoms. The Morgan fingerprint density at radius 3 is 2.53 bits per heavy atom. The van der Waals surface area contributed by atoms with Crippen LogP contribution in [-0.4, -0.2) is 42.5 Å². The molecule has 0 bridgehead atoms. The monoisotopic (exact) mass is 410 g/mol. The van der Waals surface area contributed by atoms with Gasteiger partial charge >= 0.3 is 0 Å². The van der Waals surface area contributed by atoms with Crippen LogP contribution < -0.4 is 10.1 Å². The minimum Gasteiger partial charge on any atom is -0.483 e. The van der Waals surface area contributed by atoms with Gasteiger partial charge in [0.25, 0.3) is 5.91 Å². The van der Waals surface area contributed by atoms with E-state index < -0.39 is 6.04 Å². The van der Waals surface area contributed by atoms with Gasteiger partial charge in [0.2, 0.25) is 5.91 Å². The molecule has 0 heterocycles. The fourth-order valence-electron chi connectivity index (χ4n) is 3.19. The number of benzene rings is 2. The predicted molar refractivity (Wildman–Crippen MR) is 121 cm³/mol. The van der Waals surface area contributed by atoms with Gasteiger partial charge in [-0.2, -0.15) is 0 Å². The van der Waals surface area contributed by atoms with Gasteiger partial charge in [0.15, 0.2) is 6.61 Å². The van der Waals surface area contributed by atoms with Gasteiger partial charge < -0.3 is 15.0 Å². The Hall–Kier alpha value is -2.82. The Kier molecular flexibility index (Phi) is 9.39. The van der Waals surface area contributed by atoms with E-state index in [1.165, 1.54) is 0 Å². The van der Waals surface area contributed by atoms with Gasteiger partial charge in [0.1, 0.15) is 11.8 Å². The van der Waals surface area contributed by atoms with Gasteiger partial charge in [-0.25, -0.2) is 0 Å². The summed E-state index contributed by atoms with van der Waals surface area (Å²) in [5.41, 5.74) is 3.19. The van der Waals surface area contributed by atoms with E-state index >= 15 is 0 Å². The summed E-state index contributed by atoms with van der Waals surface area (Å²) < 4.78 is 5.82. The van der Waals surface area contributed by atoms with Crippen LogP contribution in [0.1, 0.15) is 43.4 Å². The highest BCUT2D eigenvalue weighted by molar-refractivity contribution is 5.88. The zero-order chi connectivity index (χ0) is 21.9. The molecule has 0 aliphatic rings. The molecule has 0 saturated heterocycles. The van der Waals surface area contributed by atoms with E-state index in [1.54, 1.807) is 11.8 Å². The van der Waals surface area contributed by atoms with E-state index in [-0.39, 0.29) is 18.4 Å². The van der Waals surface area contributed by atoms with Gasteiger partial charge in [0.05, 0.1) is 0 Å². The lowest BCUT2D eigenvalue weighted by Crippen LogP contribution is -2.50. The van der Waals surface area contributed by atoms with Crippen LogP contribution in [0.15, 0.2) is 48.5 Å². The van der Waals surface area contributed by atoms with Gasteiger partial charge in [-0.1, -0.05) is 55.8 Å². The number of aryl methyl sites for hydroxylation is 2. The summed E-state index contributed by atoms with van der Waals surface area (Å²) in [5, 5.41) is 2.93. The molecule has 2 amide bonds. The van der Waals surface area contributed by atoms with Gasteiger partial charge in [-0.15, -0.1) is 0 Å². The number of hydrogen-bond donors (Lipinski definition) is 1. The average Bonchev–Trinajstić information content (AvgIpc) is 2.75. The first kappa shape index (κ1) is 23.5. The lowest BCUT2D eigenvalue weighted by atomic mass is 10.1. The van der Waals surface area contributed by atoms with Crippen molar-refractivity contribution < 1.29 is 14.3 Å². The molecule has 1 atom stereocenters. The van der Waals surface area contributed by atoms with Gasteiger partial charge in [-0.05, 0) is 56.4 Å². The van der Waals surface area contributed by atoms with Crippen LogP contribution in [0.5, 0.6) is 5.75 Å². The average molecular weight is 411 g/mol. The minimum absolute atomic E-state index is 0.0916. The first-order valence-corrected chi connectivity index (χ1v) is 10.7. The van der Waals surface area contributed by atoms with Crippen LogP contribution in [-0.2, 0) is 16.0 Å². The smallest absolute Gasteiger partial charge is 0.261 e. The van der Waals surface area contributed by atoms with E-state index in [2.05, 4.69) is 12.2 Å². The molecule has 2 rings (SSSR count). The summed E-state index contributed by atoms with van der Waals surface area (Å²) in [4.78, 5) is 27.3. The molecule has 2 aromatic carbocycles. The highest BCUT2D eigenvalue weighted by Gasteiger charge is 2.26. The summed E-state index contributed by atoms with van der Waals surface area (Å²) in [7, 11) is 0. The molecule has 0 spiro atoms. The standard InChI is InChI=1S/C25H34N2O3/c1-5-6-15-26-25(29)21(4)27(16-14-22-10-8-7-9-11-22)24(28)18-30-23-17-19(2)12-13-20(23)3/h7-13,17,21H,5-6,14-16,18H2,1-4H3,(H,26,29). The molecule has 162 valence electrons. The quantitative estimate of drug-likeness (QED) is 0.569. The van der Waals surface area contributed by atoms with Crippen LogP contribution in [0.4, 0.5) is 0 Å². The lowest BCUT2D eigenvalue weighted by molar-refractivity contribution is -0.141. The molecule has 1 N–H and O–H groups in total. The third kappa shape index (κ3) is 7.21. The van der Waals surface area contributed by atoms with Crippen LogP contribution in [0, 0.1) is 13.8 Å². The summed E-state index contributed by atoms with van der Waals surface area (Å²) in [6.45, 7) is 8.80. The van der Waals surface area contributed by atoms with Crippen molar-refractivity contribution in [2.24, 2.45) is 0 Å². The zero-order valence-corrected chi connectivity index (χ0v) is 18.6. The molecule has 2 aromatic rings. The number of unbranched alkanes of at least 4 members (excludes halogenated alkanes) is 1. The summed E-state index contributed by atoms with van der Waals surface area (Å²) in [6, 6.07) is 15.3. The number of nitrogens with zero attached hydrogens (tertiary/aromatic N) is 1. The lowest BCUT2D eigenvalue weighted by Gasteiger charge is -2.29. The van der Waals surface area contributed by atoms with Crippen molar-refractivity contribution in [3.8, 4) is 5.75 Å². The molecular formula is C25H34N2O3. The first-order valence-electron chi connectivity index (χ1n) is 10.7. The molecule has 5 nitrogen and oxygen atoms in total. The Bertz CT molecular complexity index is 820. The number of rotatable bonds is 11. The van der Waals surface area contributed by atoms with Crippen molar-refractivity contribution in [2.75, 3.05) is 19.7 Å². The summed E-state index contributed by atoms with van der Waals surface area (Å²) >= 11 is 0. The number of carbonyl (C=O) groups excluding carboxylic acids is 2. The highest BCUT2D eigenvalue weighted by Crippen LogP contribution is 2.19. The molecule has 0 saturated carbocycles. The fourth-order valence-corrected chi connectivity index (χ4v) is 3.19. The molecular weight excluding hydrogens is 376 g/mol. The Labute approximate surface area is 180 Å². The first-order chi connectivity index (χ1) is 14.4. The van der Waals surface area contributed by atoms with E-state index in [0.29, 0.717) is 25.3 Å². The second kappa shape index (κ2) is 12.0. The maximum Gasteiger partial charge on any atom is 0.261 e. The van der Waals surface area contributed by atoms with Crippen LogP contribution >= 0.6 is 0 Å². The molecule has 0 aliphatic carbocycles. The zero-order valence-electron chi connectivity index (χ0n) is 18.6. The van der Waals surface area contributed by atoms with Crippen molar-refractivity contribution >= 4 is 11.8 Å². The molecule has 0 aliphatic heterocycles. The maximum atomic E-state index is 13.0. The Morgan fingerprint density at radius 1 is 1.10 bits per heavy atom. The number of amides is 2. The summed E-state index contributed by atoms with van der Waals surface area (Å²) in [5.74, 6) is 0.382. The molecule has 1 unspecified atom stereocenters. The Morgan fingerprint density at radius 2 is 1.83 bits per heavy atom. The largest absolute Gasteiger partial charge is 0.483 e. The third-order valence-electron chi connectivity index (χ3n) is 5.18. The fraction of sp³-hybridized carbons (Fsp3) is 0.440. The molecule has 30 heavy (non-hydrogen) atoms. The maximum absolute atomic E-state index is 13.0. The molecule has 0 aromatic heterocycles. The van der Waals surface area contributed by atoms with E-state index in [4.69, 9.17) is 4.74 Å². The number of ether oxygens (including phenoxy) is 1. The summed E-state index contributed by atoms with van der Waals surface area (Å²) in [6.07, 6.45) is 2.61. The highest BCUT2D eigenvalue weighted by atomic mass is 16.5. The number of carbonyl (C=O) groups is 2. The molecule has 0 fully saturated rings. The van der Waals surface area contributed by atoms with E-state index in [1.807, 2.05) is 62.4 Å². The minimum atomic E-state index is -0.555. The van der Waals surface area contributed by atoms with Gasteiger partial charge in [0, 0.05) is 13.1 Å². The van der Waals surface area contributed by atoms with Crippen molar-refractivity contribution in [1.82, 2.24) is 10.2 Å². The Balaban J connectivity index is 2.06. The van der Waals surface area contributed by atoms with Crippen LogP contribution in [0.25, 0.3) is 0 Å². The topological polar surface area (TPSA) is 58.6 Å². The number of hydrogen-bond acceptors (Lipinski definition) is 3. The van der Waals surface area contributed by atoms with Crippen molar-refractivity contribution in [3.63, 3.8) is 0 Å². The van der Waals surface area contributed by atoms with Crippen molar-refractivity contribution in [2.45, 2.75) is 53.0 Å². The van der Waals surface area contributed by atoms with E-state index in [9.17, 15) is 9.59 Å². The number of nitrogens with one attached hydrogen (secondary N) is 1. The van der Waals surface area contributed by atoms with Gasteiger partial charge in [-0.3, -0.25) is 9.59 Å². The second-order valence-electron chi connectivity index (χ2n) is 7.70. The van der Waals surface area contributed by atoms with E-state index in [0.717, 1.165) is 29.5 Å². The predicted octanol–water partition coefficient (Wildman–Crippen LogP) is 4.06. The van der Waals surface area contributed by atoms with Crippen LogP contribution in [0.2, 0.25) is 0 Å².